The second kappa shape index (κ2) is 3.91. The van der Waals surface area contributed by atoms with Gasteiger partial charge in [0.25, 0.3) is 0 Å². The molecule has 0 unspecified atom stereocenters. The van der Waals surface area contributed by atoms with Crippen molar-refractivity contribution in [3.8, 4) is 11.8 Å². The van der Waals surface area contributed by atoms with Gasteiger partial charge in [-0.1, -0.05) is 18.1 Å². The maximum Gasteiger partial charge on any atom is 0.0784 e. The average molecular weight is 160 g/mol. The van der Waals surface area contributed by atoms with Crippen LogP contribution in [0.4, 0.5) is 0 Å². The summed E-state index contributed by atoms with van der Waals surface area (Å²) in [6, 6.07) is 7.62. The van der Waals surface area contributed by atoms with Crippen LogP contribution < -0.4 is 11.5 Å². The Labute approximate surface area is 72.6 Å². The first-order chi connectivity index (χ1) is 5.74. The molecular weight excluding hydrogens is 148 g/mol. The van der Waals surface area contributed by atoms with E-state index in [1.807, 2.05) is 31.2 Å². The minimum Gasteiger partial charge on any atom is -0.312 e. The van der Waals surface area contributed by atoms with E-state index in [9.17, 15) is 0 Å². The molecule has 0 aliphatic carbocycles. The summed E-state index contributed by atoms with van der Waals surface area (Å²) in [7, 11) is 0. The standard InChI is InChI=1S/C10H12N2/c1-2-3-8-4-6-9(7-5-8)10(11)12/h4-7,10H,11-12H2,1H3. The average Bonchev–Trinajstić information content (AvgIpc) is 2.06. The van der Waals surface area contributed by atoms with Crippen LogP contribution in [0.3, 0.4) is 0 Å². The molecule has 0 spiro atoms. The smallest absolute Gasteiger partial charge is 0.0784 e. The molecule has 1 aromatic carbocycles. The third kappa shape index (κ3) is 2.09. The Morgan fingerprint density at radius 2 is 1.75 bits per heavy atom. The molecule has 0 aromatic heterocycles. The number of benzene rings is 1. The highest BCUT2D eigenvalue weighted by atomic mass is 14.8. The summed E-state index contributed by atoms with van der Waals surface area (Å²) in [6.07, 6.45) is -0.395. The molecule has 0 saturated heterocycles. The van der Waals surface area contributed by atoms with Gasteiger partial charge in [-0.15, -0.1) is 5.92 Å². The van der Waals surface area contributed by atoms with Crippen molar-refractivity contribution >= 4 is 0 Å². The van der Waals surface area contributed by atoms with E-state index in [1.54, 1.807) is 0 Å². The summed E-state index contributed by atoms with van der Waals surface area (Å²) >= 11 is 0. The summed E-state index contributed by atoms with van der Waals surface area (Å²) < 4.78 is 0. The molecule has 2 nitrogen and oxygen atoms in total. The van der Waals surface area contributed by atoms with Gasteiger partial charge in [0.2, 0.25) is 0 Å². The summed E-state index contributed by atoms with van der Waals surface area (Å²) in [6.45, 7) is 1.81. The van der Waals surface area contributed by atoms with E-state index in [4.69, 9.17) is 11.5 Å². The highest BCUT2D eigenvalue weighted by molar-refractivity contribution is 5.36. The first kappa shape index (κ1) is 8.79. The van der Waals surface area contributed by atoms with Crippen molar-refractivity contribution in [2.75, 3.05) is 0 Å². The fourth-order valence-electron chi connectivity index (χ4n) is 0.933. The molecule has 1 rings (SSSR count). The summed E-state index contributed by atoms with van der Waals surface area (Å²) in [5.41, 5.74) is 12.9. The molecule has 0 amide bonds. The summed E-state index contributed by atoms with van der Waals surface area (Å²) in [5.74, 6) is 5.76. The normalized spacial score (nSPS) is 9.33. The zero-order valence-electron chi connectivity index (χ0n) is 7.04. The fraction of sp³-hybridized carbons (Fsp3) is 0.200. The van der Waals surface area contributed by atoms with Crippen LogP contribution in [0.1, 0.15) is 24.2 Å². The van der Waals surface area contributed by atoms with Crippen molar-refractivity contribution in [1.82, 2.24) is 0 Å². The molecule has 12 heavy (non-hydrogen) atoms. The van der Waals surface area contributed by atoms with E-state index < -0.39 is 6.17 Å². The van der Waals surface area contributed by atoms with Crippen molar-refractivity contribution in [2.24, 2.45) is 11.5 Å². The van der Waals surface area contributed by atoms with Gasteiger partial charge in [0.15, 0.2) is 0 Å². The Hall–Kier alpha value is -1.30. The Morgan fingerprint density at radius 1 is 1.17 bits per heavy atom. The molecule has 2 heteroatoms. The van der Waals surface area contributed by atoms with Crippen molar-refractivity contribution in [3.05, 3.63) is 35.4 Å². The molecule has 0 heterocycles. The van der Waals surface area contributed by atoms with Crippen LogP contribution in [0.25, 0.3) is 0 Å². The number of hydrogen-bond acceptors (Lipinski definition) is 2. The number of nitrogens with two attached hydrogens (primary N) is 2. The van der Waals surface area contributed by atoms with E-state index in [1.165, 1.54) is 0 Å². The van der Waals surface area contributed by atoms with Gasteiger partial charge >= 0.3 is 0 Å². The maximum absolute atomic E-state index is 5.48. The molecular formula is C10H12N2. The molecule has 0 radical (unpaired) electrons. The molecule has 0 aliphatic rings. The summed E-state index contributed by atoms with van der Waals surface area (Å²) in [4.78, 5) is 0. The molecule has 0 bridgehead atoms. The third-order valence-corrected chi connectivity index (χ3v) is 1.56. The quantitative estimate of drug-likeness (QED) is 0.475. The Bertz CT molecular complexity index is 301. The van der Waals surface area contributed by atoms with Crippen molar-refractivity contribution in [2.45, 2.75) is 13.1 Å². The lowest BCUT2D eigenvalue weighted by molar-refractivity contribution is 0.774. The van der Waals surface area contributed by atoms with Crippen LogP contribution in [0, 0.1) is 11.8 Å². The Morgan fingerprint density at radius 3 is 2.17 bits per heavy atom. The monoisotopic (exact) mass is 160 g/mol. The van der Waals surface area contributed by atoms with Crippen LogP contribution in [0.2, 0.25) is 0 Å². The van der Waals surface area contributed by atoms with Crippen LogP contribution in [-0.4, -0.2) is 0 Å². The molecule has 62 valence electrons. The highest BCUT2D eigenvalue weighted by Gasteiger charge is 1.96. The third-order valence-electron chi connectivity index (χ3n) is 1.56. The zero-order valence-corrected chi connectivity index (χ0v) is 7.04. The van der Waals surface area contributed by atoms with Gasteiger partial charge in [0, 0.05) is 5.56 Å². The van der Waals surface area contributed by atoms with Crippen LogP contribution in [-0.2, 0) is 0 Å². The molecule has 0 aliphatic heterocycles. The molecule has 1 aromatic rings. The predicted octanol–water partition coefficient (Wildman–Crippen LogP) is 0.974. The van der Waals surface area contributed by atoms with Gasteiger partial charge in [-0.2, -0.15) is 0 Å². The van der Waals surface area contributed by atoms with E-state index in [2.05, 4.69) is 11.8 Å². The Kier molecular flexibility index (Phi) is 2.87. The van der Waals surface area contributed by atoms with Gasteiger partial charge in [-0.25, -0.2) is 0 Å². The predicted molar refractivity (Wildman–Crippen MR) is 50.1 cm³/mol. The molecule has 0 atom stereocenters. The lowest BCUT2D eigenvalue weighted by Crippen LogP contribution is -2.19. The van der Waals surface area contributed by atoms with Crippen molar-refractivity contribution < 1.29 is 0 Å². The lowest BCUT2D eigenvalue weighted by atomic mass is 10.1. The molecule has 4 N–H and O–H groups in total. The topological polar surface area (TPSA) is 52.0 Å². The van der Waals surface area contributed by atoms with Crippen molar-refractivity contribution in [1.29, 1.82) is 0 Å². The van der Waals surface area contributed by atoms with Gasteiger partial charge in [-0.05, 0) is 24.6 Å². The largest absolute Gasteiger partial charge is 0.312 e. The highest BCUT2D eigenvalue weighted by Crippen LogP contribution is 2.06. The first-order valence-electron chi connectivity index (χ1n) is 3.78. The number of hydrogen-bond donors (Lipinski definition) is 2. The number of rotatable bonds is 1. The van der Waals surface area contributed by atoms with E-state index in [0.717, 1.165) is 11.1 Å². The fourth-order valence-corrected chi connectivity index (χ4v) is 0.933. The van der Waals surface area contributed by atoms with Crippen LogP contribution >= 0.6 is 0 Å². The zero-order chi connectivity index (χ0) is 8.97. The van der Waals surface area contributed by atoms with Gasteiger partial charge in [0.05, 0.1) is 6.17 Å². The minimum atomic E-state index is -0.395. The SMILES string of the molecule is CC#Cc1ccc(C(N)N)cc1. The maximum atomic E-state index is 5.48. The molecule has 0 fully saturated rings. The first-order valence-corrected chi connectivity index (χ1v) is 3.78. The second-order valence-corrected chi connectivity index (χ2v) is 2.52. The van der Waals surface area contributed by atoms with Gasteiger partial charge in [0.1, 0.15) is 0 Å². The van der Waals surface area contributed by atoms with E-state index >= 15 is 0 Å². The van der Waals surface area contributed by atoms with Crippen LogP contribution in [0.5, 0.6) is 0 Å². The van der Waals surface area contributed by atoms with E-state index in [0.29, 0.717) is 0 Å². The minimum absolute atomic E-state index is 0.395. The van der Waals surface area contributed by atoms with Crippen LogP contribution in [0.15, 0.2) is 24.3 Å². The van der Waals surface area contributed by atoms with Crippen molar-refractivity contribution in [3.63, 3.8) is 0 Å². The lowest BCUT2D eigenvalue weighted by Gasteiger charge is -2.04. The summed E-state index contributed by atoms with van der Waals surface area (Å²) in [5, 5.41) is 0. The Balaban J connectivity index is 2.90. The van der Waals surface area contributed by atoms with Gasteiger partial charge in [-0.3, -0.25) is 0 Å². The van der Waals surface area contributed by atoms with E-state index in [-0.39, 0.29) is 0 Å². The van der Waals surface area contributed by atoms with Gasteiger partial charge < -0.3 is 11.5 Å². The second-order valence-electron chi connectivity index (χ2n) is 2.52. The molecule has 0 saturated carbocycles.